The Morgan fingerprint density at radius 3 is 2.21 bits per heavy atom. The molecule has 0 saturated carbocycles. The van der Waals surface area contributed by atoms with Crippen LogP contribution in [0, 0.1) is 13.8 Å². The van der Waals surface area contributed by atoms with Gasteiger partial charge < -0.3 is 10.2 Å². The highest BCUT2D eigenvalue weighted by Gasteiger charge is 2.27. The number of hydrogen-bond donors (Lipinski definition) is 2. The summed E-state index contributed by atoms with van der Waals surface area (Å²) < 4.78 is 32.5. The third-order valence-corrected chi connectivity index (χ3v) is 10.1. The molecule has 1 aromatic heterocycles. The molecular weight excluding hydrogens is 609 g/mol. The number of halogens is 2. The van der Waals surface area contributed by atoms with Gasteiger partial charge >= 0.3 is 0 Å². The van der Waals surface area contributed by atoms with Crippen LogP contribution >= 0.6 is 23.2 Å². The van der Waals surface area contributed by atoms with Crippen LogP contribution < -0.4 is 20.5 Å². The van der Waals surface area contributed by atoms with E-state index in [4.69, 9.17) is 23.2 Å². The Hall–Kier alpha value is -3.73. The van der Waals surface area contributed by atoms with E-state index in [0.717, 1.165) is 43.2 Å². The van der Waals surface area contributed by atoms with Crippen molar-refractivity contribution in [1.82, 2.24) is 9.36 Å². The van der Waals surface area contributed by atoms with Crippen molar-refractivity contribution in [3.05, 3.63) is 97.9 Å². The monoisotopic (exact) mass is 641 g/mol. The second-order valence-electron chi connectivity index (χ2n) is 10.7. The highest BCUT2D eigenvalue weighted by Crippen LogP contribution is 2.33. The summed E-state index contributed by atoms with van der Waals surface area (Å²) >= 11 is 12.7. The van der Waals surface area contributed by atoms with Crippen LogP contribution in [0.15, 0.2) is 70.4 Å². The molecule has 5 rings (SSSR count). The molecule has 0 radical (unpaired) electrons. The smallest absolute Gasteiger partial charge is 0.296 e. The molecule has 2 N–H and O–H groups in total. The first-order valence-electron chi connectivity index (χ1n) is 14.0. The second kappa shape index (κ2) is 12.5. The third kappa shape index (κ3) is 6.32. The van der Waals surface area contributed by atoms with E-state index in [1.165, 1.54) is 23.6 Å². The number of aryl methyl sites for hydroxylation is 1. The quantitative estimate of drug-likeness (QED) is 0.239. The Morgan fingerprint density at radius 2 is 1.56 bits per heavy atom. The normalized spacial score (nSPS) is 13.9. The predicted octanol–water partition coefficient (Wildman–Crippen LogP) is 6.53. The Kier molecular flexibility index (Phi) is 8.91. The van der Waals surface area contributed by atoms with E-state index in [1.807, 2.05) is 31.2 Å². The summed E-state index contributed by atoms with van der Waals surface area (Å²) in [6.45, 7) is 5.54. The highest BCUT2D eigenvalue weighted by atomic mass is 35.5. The van der Waals surface area contributed by atoms with Gasteiger partial charge in [0.05, 0.1) is 21.4 Å². The maximum atomic E-state index is 13.6. The number of nitrogens with zero attached hydrogens (tertiary/aromatic N) is 3. The van der Waals surface area contributed by atoms with Crippen molar-refractivity contribution in [2.75, 3.05) is 28.0 Å². The zero-order chi connectivity index (χ0) is 30.9. The van der Waals surface area contributed by atoms with E-state index in [0.29, 0.717) is 17.1 Å². The number of hydrogen-bond acceptors (Lipinski definition) is 5. The van der Waals surface area contributed by atoms with Gasteiger partial charge in [0.2, 0.25) is 0 Å². The summed E-state index contributed by atoms with van der Waals surface area (Å²) in [5.41, 5.74) is 2.81. The highest BCUT2D eigenvalue weighted by molar-refractivity contribution is 7.92. The van der Waals surface area contributed by atoms with E-state index >= 15 is 0 Å². The summed E-state index contributed by atoms with van der Waals surface area (Å²) in [5, 5.41) is 2.48. The Morgan fingerprint density at radius 1 is 0.884 bits per heavy atom. The van der Waals surface area contributed by atoms with E-state index in [2.05, 4.69) is 14.9 Å². The van der Waals surface area contributed by atoms with Crippen LogP contribution in [0.25, 0.3) is 5.69 Å². The molecule has 226 valence electrons. The Balaban J connectivity index is 1.42. The van der Waals surface area contributed by atoms with Crippen LogP contribution in [0.1, 0.15) is 47.3 Å². The van der Waals surface area contributed by atoms with Gasteiger partial charge in [0, 0.05) is 37.1 Å². The van der Waals surface area contributed by atoms with Crippen molar-refractivity contribution in [1.29, 1.82) is 0 Å². The molecule has 1 aliphatic rings. The number of sulfonamides is 1. The summed E-state index contributed by atoms with van der Waals surface area (Å²) in [4.78, 5) is 28.6. The van der Waals surface area contributed by atoms with Crippen molar-refractivity contribution in [2.45, 2.75) is 44.4 Å². The molecule has 9 nitrogen and oxygen atoms in total. The van der Waals surface area contributed by atoms with Gasteiger partial charge in [0.1, 0.15) is 10.6 Å². The van der Waals surface area contributed by atoms with Crippen molar-refractivity contribution in [3.8, 4) is 5.69 Å². The summed E-state index contributed by atoms with van der Waals surface area (Å²) in [6, 6.07) is 17.2. The standard InChI is InChI=1S/C31H33Cl2N5O4S/c1-20-17-24(37-15-9-4-5-10-16-37)13-14-26(20)34-30(39)22-18-25(32)28(33)27(19-22)43(41,42)35-29-21(2)36(3)38(31(29)40)23-11-7-6-8-12-23/h6-8,11-14,17-19,35H,4-5,9-10,15-16H2,1-3H3,(H,34,39). The largest absolute Gasteiger partial charge is 0.372 e. The van der Waals surface area contributed by atoms with Gasteiger partial charge in [-0.2, -0.15) is 0 Å². The maximum Gasteiger partial charge on any atom is 0.296 e. The number of rotatable bonds is 7. The minimum Gasteiger partial charge on any atom is -0.372 e. The molecule has 1 saturated heterocycles. The topological polar surface area (TPSA) is 105 Å². The van der Waals surface area contributed by atoms with Gasteiger partial charge in [-0.15, -0.1) is 0 Å². The first-order valence-corrected chi connectivity index (χ1v) is 16.2. The fraction of sp³-hybridized carbons (Fsp3) is 0.290. The van der Waals surface area contributed by atoms with Crippen LogP contribution in [0.2, 0.25) is 10.0 Å². The molecule has 2 heterocycles. The van der Waals surface area contributed by atoms with Crippen LogP contribution in [-0.2, 0) is 17.1 Å². The number of aromatic nitrogens is 2. The summed E-state index contributed by atoms with van der Waals surface area (Å²) in [5.74, 6) is -0.553. The zero-order valence-electron chi connectivity index (χ0n) is 24.2. The zero-order valence-corrected chi connectivity index (χ0v) is 26.5. The van der Waals surface area contributed by atoms with Gasteiger partial charge in [0.15, 0.2) is 0 Å². The van der Waals surface area contributed by atoms with E-state index in [-0.39, 0.29) is 21.3 Å². The number of benzene rings is 3. The lowest BCUT2D eigenvalue weighted by molar-refractivity contribution is 0.102. The number of para-hydroxylation sites is 1. The molecule has 0 bridgehead atoms. The number of carbonyl (C=O) groups is 1. The van der Waals surface area contributed by atoms with Crippen LogP contribution in [0.4, 0.5) is 17.1 Å². The van der Waals surface area contributed by atoms with E-state index < -0.39 is 26.4 Å². The van der Waals surface area contributed by atoms with Gasteiger partial charge in [-0.3, -0.25) is 19.0 Å². The number of carbonyl (C=O) groups excluding carboxylic acids is 1. The Bertz CT molecular complexity index is 1840. The van der Waals surface area contributed by atoms with Gasteiger partial charge in [-0.1, -0.05) is 54.2 Å². The first-order chi connectivity index (χ1) is 20.5. The van der Waals surface area contributed by atoms with Gasteiger partial charge in [-0.25, -0.2) is 13.1 Å². The third-order valence-electron chi connectivity index (χ3n) is 7.77. The number of nitrogens with one attached hydrogen (secondary N) is 2. The first kappa shape index (κ1) is 30.7. The average Bonchev–Trinajstić information content (AvgIpc) is 3.17. The fourth-order valence-electron chi connectivity index (χ4n) is 5.27. The summed E-state index contributed by atoms with van der Waals surface area (Å²) in [6.07, 6.45) is 4.78. The van der Waals surface area contributed by atoms with Crippen LogP contribution in [0.3, 0.4) is 0 Å². The van der Waals surface area contributed by atoms with E-state index in [9.17, 15) is 18.0 Å². The minimum absolute atomic E-state index is 0.00255. The maximum absolute atomic E-state index is 13.6. The lowest BCUT2D eigenvalue weighted by Gasteiger charge is -2.23. The van der Waals surface area contributed by atoms with E-state index in [1.54, 1.807) is 42.9 Å². The molecule has 43 heavy (non-hydrogen) atoms. The molecule has 12 heteroatoms. The molecule has 3 aromatic carbocycles. The molecule has 1 aliphatic heterocycles. The van der Waals surface area contributed by atoms with Crippen molar-refractivity contribution in [2.24, 2.45) is 7.05 Å². The SMILES string of the molecule is Cc1cc(N2CCCCCC2)ccc1NC(=O)c1cc(Cl)c(Cl)c(S(=O)(=O)Nc2c(C)n(C)n(-c3ccccc3)c2=O)c1. The molecule has 0 atom stereocenters. The number of amides is 1. The Labute approximate surface area is 261 Å². The van der Waals surface area contributed by atoms with Gasteiger partial charge in [-0.05, 0) is 74.7 Å². The molecule has 4 aromatic rings. The summed E-state index contributed by atoms with van der Waals surface area (Å²) in [7, 11) is -2.78. The fourth-order valence-corrected chi connectivity index (χ4v) is 7.20. The molecular formula is C31H33Cl2N5O4S. The van der Waals surface area contributed by atoms with Crippen LogP contribution in [0.5, 0.6) is 0 Å². The predicted molar refractivity (Wildman–Crippen MR) is 173 cm³/mol. The molecule has 0 aliphatic carbocycles. The minimum atomic E-state index is -4.43. The van der Waals surface area contributed by atoms with Crippen LogP contribution in [-0.4, -0.2) is 36.8 Å². The second-order valence-corrected chi connectivity index (χ2v) is 13.1. The number of anilines is 3. The average molecular weight is 643 g/mol. The molecule has 0 spiro atoms. The van der Waals surface area contributed by atoms with Crippen molar-refractivity contribution in [3.63, 3.8) is 0 Å². The van der Waals surface area contributed by atoms with Crippen molar-refractivity contribution >= 4 is 56.2 Å². The molecule has 1 fully saturated rings. The van der Waals surface area contributed by atoms with Crippen molar-refractivity contribution < 1.29 is 13.2 Å². The molecule has 0 unspecified atom stereocenters. The molecule has 1 amide bonds. The van der Waals surface area contributed by atoms with Gasteiger partial charge in [0.25, 0.3) is 21.5 Å². The lowest BCUT2D eigenvalue weighted by atomic mass is 10.1. The lowest BCUT2D eigenvalue weighted by Crippen LogP contribution is -2.24.